The number of ether oxygens (including phenoxy) is 2. The smallest absolute Gasteiger partial charge is 0.257 e. The first-order valence-electron chi connectivity index (χ1n) is 8.91. The molecule has 0 aliphatic carbocycles. The lowest BCUT2D eigenvalue weighted by atomic mass is 10.1. The molecule has 1 aromatic carbocycles. The van der Waals surface area contributed by atoms with E-state index >= 15 is 0 Å². The summed E-state index contributed by atoms with van der Waals surface area (Å²) in [6, 6.07) is 7.11. The van der Waals surface area contributed by atoms with Crippen molar-refractivity contribution in [3.05, 3.63) is 47.8 Å². The van der Waals surface area contributed by atoms with Crippen LogP contribution in [0.15, 0.2) is 36.7 Å². The third-order valence-corrected chi connectivity index (χ3v) is 4.81. The van der Waals surface area contributed by atoms with Gasteiger partial charge in [0.25, 0.3) is 5.91 Å². The number of benzene rings is 1. The molecule has 0 unspecified atom stereocenters. The van der Waals surface area contributed by atoms with Gasteiger partial charge in [0, 0.05) is 51.7 Å². The van der Waals surface area contributed by atoms with Crippen LogP contribution in [0.5, 0.6) is 11.5 Å². The molecule has 0 atom stereocenters. The molecule has 2 heterocycles. The number of methoxy groups -OCH3 is 2. The number of carbonyl (C=O) groups is 2. The molecule has 1 aromatic heterocycles. The van der Waals surface area contributed by atoms with Crippen LogP contribution in [0.2, 0.25) is 0 Å². The van der Waals surface area contributed by atoms with E-state index in [1.54, 1.807) is 30.2 Å². The zero-order valence-corrected chi connectivity index (χ0v) is 16.0. The predicted molar refractivity (Wildman–Crippen MR) is 101 cm³/mol. The number of carbonyl (C=O) groups excluding carboxylic acids is 2. The number of hydrogen-bond donors (Lipinski definition) is 0. The van der Waals surface area contributed by atoms with E-state index in [0.717, 1.165) is 5.56 Å². The van der Waals surface area contributed by atoms with Crippen molar-refractivity contribution in [2.45, 2.75) is 6.42 Å². The SMILES string of the molecule is COc1ccc(C(=O)N2CCN(C(=O)Cc3ccn(C)c3)CC2)c(OC)c1. The summed E-state index contributed by atoms with van der Waals surface area (Å²) in [5.74, 6) is 1.13. The Morgan fingerprint density at radius 3 is 2.30 bits per heavy atom. The molecule has 1 fully saturated rings. The maximum absolute atomic E-state index is 12.8. The normalized spacial score (nSPS) is 14.2. The van der Waals surface area contributed by atoms with Crippen molar-refractivity contribution in [2.75, 3.05) is 40.4 Å². The molecule has 0 radical (unpaired) electrons. The van der Waals surface area contributed by atoms with Crippen LogP contribution < -0.4 is 9.47 Å². The fraction of sp³-hybridized carbons (Fsp3) is 0.400. The number of aromatic nitrogens is 1. The molecule has 7 nitrogen and oxygen atoms in total. The predicted octanol–water partition coefficient (Wildman–Crippen LogP) is 1.57. The van der Waals surface area contributed by atoms with E-state index in [1.165, 1.54) is 7.11 Å². The average Bonchev–Trinajstić information content (AvgIpc) is 3.11. The van der Waals surface area contributed by atoms with E-state index in [1.807, 2.05) is 35.0 Å². The quantitative estimate of drug-likeness (QED) is 0.800. The maximum atomic E-state index is 12.8. The first kappa shape index (κ1) is 18.8. The maximum Gasteiger partial charge on any atom is 0.257 e. The lowest BCUT2D eigenvalue weighted by Gasteiger charge is -2.35. The Kier molecular flexibility index (Phi) is 5.69. The minimum atomic E-state index is -0.0929. The van der Waals surface area contributed by atoms with Gasteiger partial charge >= 0.3 is 0 Å². The zero-order chi connectivity index (χ0) is 19.4. The summed E-state index contributed by atoms with van der Waals surface area (Å²) in [5, 5.41) is 0. The second-order valence-electron chi connectivity index (χ2n) is 6.60. The van der Waals surface area contributed by atoms with Crippen LogP contribution in [0.25, 0.3) is 0 Å². The summed E-state index contributed by atoms with van der Waals surface area (Å²) in [5.41, 5.74) is 1.51. The van der Waals surface area contributed by atoms with Gasteiger partial charge in [0.05, 0.1) is 26.2 Å². The third kappa shape index (κ3) is 4.24. The summed E-state index contributed by atoms with van der Waals surface area (Å²) in [6.45, 7) is 2.09. The van der Waals surface area contributed by atoms with Gasteiger partial charge in [0.15, 0.2) is 0 Å². The van der Waals surface area contributed by atoms with Crippen molar-refractivity contribution in [2.24, 2.45) is 7.05 Å². The van der Waals surface area contributed by atoms with E-state index in [-0.39, 0.29) is 11.8 Å². The van der Waals surface area contributed by atoms with Gasteiger partial charge in [0.1, 0.15) is 11.5 Å². The fourth-order valence-electron chi connectivity index (χ4n) is 3.26. The molecule has 0 bridgehead atoms. The number of nitrogens with zero attached hydrogens (tertiary/aromatic N) is 3. The highest BCUT2D eigenvalue weighted by molar-refractivity contribution is 5.97. The van der Waals surface area contributed by atoms with E-state index in [9.17, 15) is 9.59 Å². The van der Waals surface area contributed by atoms with Crippen molar-refractivity contribution >= 4 is 11.8 Å². The first-order valence-corrected chi connectivity index (χ1v) is 8.91. The molecule has 1 aliphatic heterocycles. The van der Waals surface area contributed by atoms with Crippen molar-refractivity contribution in [1.29, 1.82) is 0 Å². The number of hydrogen-bond acceptors (Lipinski definition) is 4. The Hall–Kier alpha value is -2.96. The second-order valence-corrected chi connectivity index (χ2v) is 6.60. The summed E-state index contributed by atoms with van der Waals surface area (Å²) in [6.07, 6.45) is 4.27. The highest BCUT2D eigenvalue weighted by atomic mass is 16.5. The summed E-state index contributed by atoms with van der Waals surface area (Å²) in [7, 11) is 5.04. The van der Waals surface area contributed by atoms with E-state index in [4.69, 9.17) is 9.47 Å². The summed E-state index contributed by atoms with van der Waals surface area (Å²) in [4.78, 5) is 28.9. The standard InChI is InChI=1S/C20H25N3O4/c1-21-7-6-15(14-21)12-19(24)22-8-10-23(11-9-22)20(25)17-5-4-16(26-2)13-18(17)27-3/h4-7,13-14H,8-12H2,1-3H3. The molecule has 1 aliphatic rings. The molecular weight excluding hydrogens is 346 g/mol. The van der Waals surface area contributed by atoms with Crippen molar-refractivity contribution < 1.29 is 19.1 Å². The van der Waals surface area contributed by atoms with E-state index in [0.29, 0.717) is 49.7 Å². The Bertz CT molecular complexity index is 822. The van der Waals surface area contributed by atoms with Gasteiger partial charge in [-0.1, -0.05) is 0 Å². The molecular formula is C20H25N3O4. The Balaban J connectivity index is 1.60. The molecule has 144 valence electrons. The monoisotopic (exact) mass is 371 g/mol. The molecule has 0 saturated carbocycles. The van der Waals surface area contributed by atoms with E-state index < -0.39 is 0 Å². The Morgan fingerprint density at radius 2 is 1.70 bits per heavy atom. The van der Waals surface area contributed by atoms with Gasteiger partial charge in [0.2, 0.25) is 5.91 Å². The van der Waals surface area contributed by atoms with Crippen molar-refractivity contribution in [3.63, 3.8) is 0 Å². The first-order chi connectivity index (χ1) is 13.0. The van der Waals surface area contributed by atoms with Crippen LogP contribution in [-0.2, 0) is 18.3 Å². The molecule has 0 N–H and O–H groups in total. The number of piperazine rings is 1. The fourth-order valence-corrected chi connectivity index (χ4v) is 3.26. The van der Waals surface area contributed by atoms with Crippen molar-refractivity contribution in [1.82, 2.24) is 14.4 Å². The van der Waals surface area contributed by atoms with Gasteiger partial charge < -0.3 is 23.8 Å². The molecule has 27 heavy (non-hydrogen) atoms. The highest BCUT2D eigenvalue weighted by Gasteiger charge is 2.26. The molecule has 2 aromatic rings. The molecule has 7 heteroatoms. The Morgan fingerprint density at radius 1 is 1.00 bits per heavy atom. The van der Waals surface area contributed by atoms with Gasteiger partial charge in [-0.2, -0.15) is 0 Å². The lowest BCUT2D eigenvalue weighted by molar-refractivity contribution is -0.131. The largest absolute Gasteiger partial charge is 0.497 e. The zero-order valence-electron chi connectivity index (χ0n) is 16.0. The third-order valence-electron chi connectivity index (χ3n) is 4.81. The second kappa shape index (κ2) is 8.16. The molecule has 3 rings (SSSR count). The van der Waals surface area contributed by atoms with Crippen LogP contribution in [0, 0.1) is 0 Å². The number of aryl methyl sites for hydroxylation is 1. The van der Waals surface area contributed by atoms with Gasteiger partial charge in [-0.25, -0.2) is 0 Å². The van der Waals surface area contributed by atoms with Gasteiger partial charge in [-0.15, -0.1) is 0 Å². The lowest BCUT2D eigenvalue weighted by Crippen LogP contribution is -2.51. The van der Waals surface area contributed by atoms with E-state index in [2.05, 4.69) is 0 Å². The van der Waals surface area contributed by atoms with Crippen LogP contribution in [0.1, 0.15) is 15.9 Å². The minimum Gasteiger partial charge on any atom is -0.497 e. The average molecular weight is 371 g/mol. The Labute approximate surface area is 159 Å². The molecule has 2 amide bonds. The van der Waals surface area contributed by atoms with Crippen LogP contribution in [0.4, 0.5) is 0 Å². The molecule has 0 spiro atoms. The number of rotatable bonds is 5. The summed E-state index contributed by atoms with van der Waals surface area (Å²) < 4.78 is 12.4. The van der Waals surface area contributed by atoms with Crippen LogP contribution in [0.3, 0.4) is 0 Å². The van der Waals surface area contributed by atoms with Crippen LogP contribution in [-0.4, -0.2) is 66.6 Å². The topological polar surface area (TPSA) is 64.0 Å². The summed E-state index contributed by atoms with van der Waals surface area (Å²) >= 11 is 0. The minimum absolute atomic E-state index is 0.0929. The highest BCUT2D eigenvalue weighted by Crippen LogP contribution is 2.26. The van der Waals surface area contributed by atoms with Crippen molar-refractivity contribution in [3.8, 4) is 11.5 Å². The van der Waals surface area contributed by atoms with Gasteiger partial charge in [-0.05, 0) is 23.8 Å². The van der Waals surface area contributed by atoms with Crippen LogP contribution >= 0.6 is 0 Å². The number of amides is 2. The molecule has 1 saturated heterocycles. The van der Waals surface area contributed by atoms with Gasteiger partial charge in [-0.3, -0.25) is 9.59 Å².